The zero-order chi connectivity index (χ0) is 17.0. The number of anilines is 1. The fourth-order valence-corrected chi connectivity index (χ4v) is 2.70. The molecule has 0 radical (unpaired) electrons. The van der Waals surface area contributed by atoms with Crippen LogP contribution in [0.1, 0.15) is 15.4 Å². The van der Waals surface area contributed by atoms with Crippen LogP contribution in [0.5, 0.6) is 5.75 Å². The molecule has 0 saturated heterocycles. The summed E-state index contributed by atoms with van der Waals surface area (Å²) in [7, 11) is 1.51. The Morgan fingerprint density at radius 1 is 1.22 bits per heavy atom. The van der Waals surface area contributed by atoms with Gasteiger partial charge in [0.2, 0.25) is 10.9 Å². The lowest BCUT2D eigenvalue weighted by Crippen LogP contribution is -2.34. The van der Waals surface area contributed by atoms with Gasteiger partial charge in [0.1, 0.15) is 15.6 Å². The number of rotatable bonds is 6. The van der Waals surface area contributed by atoms with E-state index in [-0.39, 0.29) is 5.13 Å². The molecule has 0 aliphatic carbocycles. The number of alkyl halides is 1. The van der Waals surface area contributed by atoms with Crippen molar-refractivity contribution in [1.29, 1.82) is 0 Å². The first-order chi connectivity index (χ1) is 10.9. The fraction of sp³-hybridized carbons (Fsp3) is 0.214. The number of benzene rings is 1. The first kappa shape index (κ1) is 17.2. The molecule has 0 aliphatic rings. The Morgan fingerprint density at radius 3 is 2.39 bits per heavy atom. The van der Waals surface area contributed by atoms with Crippen LogP contribution in [0.4, 0.5) is 5.13 Å². The second-order valence-corrected chi connectivity index (χ2v) is 6.50. The third kappa shape index (κ3) is 4.20. The van der Waals surface area contributed by atoms with Crippen molar-refractivity contribution < 1.29 is 19.1 Å². The van der Waals surface area contributed by atoms with Crippen molar-refractivity contribution in [3.8, 4) is 5.75 Å². The van der Waals surface area contributed by atoms with E-state index in [0.29, 0.717) is 16.3 Å². The van der Waals surface area contributed by atoms with E-state index in [1.807, 2.05) is 0 Å². The third-order valence-corrected chi connectivity index (χ3v) is 4.39. The average Bonchev–Trinajstić information content (AvgIpc) is 2.97. The second-order valence-electron chi connectivity index (χ2n) is 4.40. The molecule has 1 atom stereocenters. The van der Waals surface area contributed by atoms with E-state index in [1.165, 1.54) is 19.2 Å². The summed E-state index contributed by atoms with van der Waals surface area (Å²) in [5, 5.41) is 10.6. The van der Waals surface area contributed by atoms with Gasteiger partial charge < -0.3 is 4.74 Å². The molecule has 1 unspecified atom stereocenters. The summed E-state index contributed by atoms with van der Waals surface area (Å²) >= 11 is 4.11. The Labute approximate surface area is 144 Å². The van der Waals surface area contributed by atoms with E-state index < -0.39 is 22.3 Å². The minimum atomic E-state index is -1.27. The van der Waals surface area contributed by atoms with E-state index in [0.717, 1.165) is 11.3 Å². The van der Waals surface area contributed by atoms with Crippen LogP contribution in [0, 0.1) is 6.92 Å². The predicted molar refractivity (Wildman–Crippen MR) is 88.3 cm³/mol. The molecule has 1 aromatic heterocycles. The Balaban J connectivity index is 2.05. The highest BCUT2D eigenvalue weighted by atomic mass is 79.9. The van der Waals surface area contributed by atoms with Crippen molar-refractivity contribution in [3.63, 3.8) is 0 Å². The lowest BCUT2D eigenvalue weighted by Gasteiger charge is -2.08. The summed E-state index contributed by atoms with van der Waals surface area (Å²) in [6.45, 7) is 1.72. The molecule has 120 valence electrons. The number of aryl methyl sites for hydroxylation is 1. The van der Waals surface area contributed by atoms with Crippen molar-refractivity contribution in [2.24, 2.45) is 0 Å². The summed E-state index contributed by atoms with van der Waals surface area (Å²) in [5.74, 6) is -1.76. The number of nitrogens with zero attached hydrogens (tertiary/aromatic N) is 2. The molecule has 1 heterocycles. The lowest BCUT2D eigenvalue weighted by molar-refractivity contribution is -0.133. The topological polar surface area (TPSA) is 98.2 Å². The van der Waals surface area contributed by atoms with Gasteiger partial charge in [-0.05, 0) is 31.2 Å². The van der Waals surface area contributed by atoms with Gasteiger partial charge >= 0.3 is 0 Å². The van der Waals surface area contributed by atoms with Crippen molar-refractivity contribution in [2.75, 3.05) is 12.4 Å². The van der Waals surface area contributed by atoms with E-state index in [9.17, 15) is 14.4 Å². The molecule has 1 aromatic carbocycles. The molecular formula is C14H12BrN3O4S. The highest BCUT2D eigenvalue weighted by Gasteiger charge is 2.30. The van der Waals surface area contributed by atoms with Crippen LogP contribution in [0.15, 0.2) is 24.3 Å². The number of methoxy groups -OCH3 is 1. The number of carbonyl (C=O) groups is 3. The van der Waals surface area contributed by atoms with Crippen molar-refractivity contribution in [2.45, 2.75) is 11.8 Å². The van der Waals surface area contributed by atoms with Gasteiger partial charge in [0.15, 0.2) is 5.78 Å². The van der Waals surface area contributed by atoms with E-state index in [4.69, 9.17) is 4.74 Å². The number of hydrogen-bond acceptors (Lipinski definition) is 7. The standard InChI is InChI=1S/C14H12BrN3O4S/c1-7-17-18-14(23-7)16-13(21)12(20)10(15)11(19)8-3-5-9(22-2)6-4-8/h3-6,10H,1-2H3,(H,16,18,21). The van der Waals surface area contributed by atoms with Crippen LogP contribution in [0.2, 0.25) is 0 Å². The van der Waals surface area contributed by atoms with Gasteiger partial charge in [-0.1, -0.05) is 27.3 Å². The van der Waals surface area contributed by atoms with E-state index in [2.05, 4.69) is 31.4 Å². The minimum absolute atomic E-state index is 0.206. The zero-order valence-electron chi connectivity index (χ0n) is 12.2. The van der Waals surface area contributed by atoms with Gasteiger partial charge in [-0.2, -0.15) is 0 Å². The summed E-state index contributed by atoms with van der Waals surface area (Å²) in [5.41, 5.74) is 0.292. The molecule has 0 spiro atoms. The zero-order valence-corrected chi connectivity index (χ0v) is 14.6. The fourth-order valence-electron chi connectivity index (χ4n) is 1.64. The number of aromatic nitrogens is 2. The van der Waals surface area contributed by atoms with Gasteiger partial charge in [0, 0.05) is 5.56 Å². The number of halogens is 1. The smallest absolute Gasteiger partial charge is 0.295 e. The van der Waals surface area contributed by atoms with Gasteiger partial charge in [-0.15, -0.1) is 10.2 Å². The predicted octanol–water partition coefficient (Wildman–Crippen LogP) is 2.01. The molecular weight excluding hydrogens is 386 g/mol. The van der Waals surface area contributed by atoms with Crippen molar-refractivity contribution in [3.05, 3.63) is 34.8 Å². The molecule has 23 heavy (non-hydrogen) atoms. The maximum absolute atomic E-state index is 12.2. The summed E-state index contributed by atoms with van der Waals surface area (Å²) in [6.07, 6.45) is 0. The van der Waals surface area contributed by atoms with Crippen LogP contribution in [-0.2, 0) is 9.59 Å². The molecule has 2 aromatic rings. The maximum atomic E-state index is 12.2. The quantitative estimate of drug-likeness (QED) is 0.346. The molecule has 1 N–H and O–H groups in total. The van der Waals surface area contributed by atoms with Gasteiger partial charge in [-0.25, -0.2) is 0 Å². The first-order valence-electron chi connectivity index (χ1n) is 6.40. The van der Waals surface area contributed by atoms with Gasteiger partial charge in [-0.3, -0.25) is 19.7 Å². The van der Waals surface area contributed by atoms with Crippen molar-refractivity contribution in [1.82, 2.24) is 10.2 Å². The number of nitrogens with one attached hydrogen (secondary N) is 1. The molecule has 9 heteroatoms. The van der Waals surface area contributed by atoms with E-state index in [1.54, 1.807) is 19.1 Å². The number of Topliss-reactive ketones (excluding diaryl/α,β-unsaturated/α-hetero) is 2. The maximum Gasteiger partial charge on any atom is 0.295 e. The van der Waals surface area contributed by atoms with Gasteiger partial charge in [0.05, 0.1) is 7.11 Å². The number of carbonyl (C=O) groups excluding carboxylic acids is 3. The number of ether oxygens (including phenoxy) is 1. The van der Waals surface area contributed by atoms with Crippen LogP contribution < -0.4 is 10.1 Å². The third-order valence-electron chi connectivity index (χ3n) is 2.81. The molecule has 0 aliphatic heterocycles. The van der Waals surface area contributed by atoms with Gasteiger partial charge in [0.25, 0.3) is 5.91 Å². The van der Waals surface area contributed by atoms with Crippen LogP contribution in [0.3, 0.4) is 0 Å². The molecule has 7 nitrogen and oxygen atoms in total. The molecule has 0 fully saturated rings. The Hall–Kier alpha value is -2.13. The summed E-state index contributed by atoms with van der Waals surface area (Å²) in [4.78, 5) is 34.9. The normalized spacial score (nSPS) is 11.6. The number of amides is 1. The minimum Gasteiger partial charge on any atom is -0.497 e. The molecule has 0 saturated carbocycles. The highest BCUT2D eigenvalue weighted by Crippen LogP contribution is 2.18. The van der Waals surface area contributed by atoms with Crippen LogP contribution in [-0.4, -0.2) is 39.6 Å². The number of hydrogen-bond donors (Lipinski definition) is 1. The summed E-state index contributed by atoms with van der Waals surface area (Å²) < 4.78 is 5.00. The first-order valence-corrected chi connectivity index (χ1v) is 8.13. The molecule has 2 rings (SSSR count). The Morgan fingerprint density at radius 2 is 1.87 bits per heavy atom. The largest absolute Gasteiger partial charge is 0.497 e. The van der Waals surface area contributed by atoms with Crippen LogP contribution in [0.25, 0.3) is 0 Å². The molecule has 0 bridgehead atoms. The highest BCUT2D eigenvalue weighted by molar-refractivity contribution is 9.10. The Kier molecular flexibility index (Phi) is 5.56. The monoisotopic (exact) mass is 397 g/mol. The second kappa shape index (κ2) is 7.42. The van der Waals surface area contributed by atoms with E-state index >= 15 is 0 Å². The average molecular weight is 398 g/mol. The molecule has 1 amide bonds. The summed E-state index contributed by atoms with van der Waals surface area (Å²) in [6, 6.07) is 6.24. The number of ketones is 2. The lowest BCUT2D eigenvalue weighted by atomic mass is 10.1. The van der Waals surface area contributed by atoms with Crippen LogP contribution >= 0.6 is 27.3 Å². The SMILES string of the molecule is COc1ccc(C(=O)C(Br)C(=O)C(=O)Nc2nnc(C)s2)cc1. The Bertz CT molecular complexity index is 745. The van der Waals surface area contributed by atoms with Crippen molar-refractivity contribution >= 4 is 49.9 Å².